The summed E-state index contributed by atoms with van der Waals surface area (Å²) in [6, 6.07) is 6.10. The van der Waals surface area contributed by atoms with E-state index in [-0.39, 0.29) is 12.4 Å². The Morgan fingerprint density at radius 3 is 2.54 bits per heavy atom. The number of anilines is 1. The third-order valence-corrected chi connectivity index (χ3v) is 4.61. The monoisotopic (exact) mass is 357 g/mol. The number of hydrogen-bond donors (Lipinski definition) is 4. The summed E-state index contributed by atoms with van der Waals surface area (Å²) in [5.74, 6) is 1.25. The summed E-state index contributed by atoms with van der Waals surface area (Å²) >= 11 is 0. The number of hydrogen-bond acceptors (Lipinski definition) is 6. The molecule has 0 unspecified atom stereocenters. The van der Waals surface area contributed by atoms with Gasteiger partial charge in [-0.15, -0.1) is 0 Å². The molecule has 0 fully saturated rings. The Morgan fingerprint density at radius 2 is 1.88 bits per heavy atom. The number of phenols is 1. The molecule has 0 aliphatic heterocycles. The van der Waals surface area contributed by atoms with Crippen molar-refractivity contribution in [3.05, 3.63) is 24.0 Å². The van der Waals surface area contributed by atoms with Gasteiger partial charge in [-0.05, 0) is 39.8 Å². The number of aromatic nitrogens is 3. The van der Waals surface area contributed by atoms with Crippen LogP contribution in [0.5, 0.6) is 5.75 Å². The summed E-state index contributed by atoms with van der Waals surface area (Å²) in [5.41, 5.74) is 1.44. The predicted octanol–water partition coefficient (Wildman–Crippen LogP) is 2.84. The molecule has 3 aromatic rings. The number of phenolic OH excluding ortho intramolecular Hbond substituents is 1. The second-order valence-corrected chi connectivity index (χ2v) is 7.08. The van der Waals surface area contributed by atoms with E-state index in [0.29, 0.717) is 29.4 Å². The summed E-state index contributed by atoms with van der Waals surface area (Å²) < 4.78 is 0. The molecule has 2 heterocycles. The molecule has 4 N–H and O–H groups in total. The van der Waals surface area contributed by atoms with Crippen molar-refractivity contribution in [2.75, 3.05) is 18.4 Å². The summed E-state index contributed by atoms with van der Waals surface area (Å²) in [5, 5.41) is 24.4. The largest absolute Gasteiger partial charge is 0.508 e. The fourth-order valence-corrected chi connectivity index (χ4v) is 3.45. The van der Waals surface area contributed by atoms with Crippen LogP contribution in [0.15, 0.2) is 18.2 Å². The molecule has 0 aliphatic rings. The minimum absolute atomic E-state index is 0.193. The lowest BCUT2D eigenvalue weighted by atomic mass is 10.2. The van der Waals surface area contributed by atoms with Gasteiger partial charge in [0.25, 0.3) is 0 Å². The molecule has 3 rings (SSSR count). The quantitative estimate of drug-likeness (QED) is 0.519. The molecule has 140 valence electrons. The van der Waals surface area contributed by atoms with Gasteiger partial charge >= 0.3 is 0 Å². The Balaban J connectivity index is 1.94. The van der Waals surface area contributed by atoms with Crippen molar-refractivity contribution >= 4 is 27.8 Å². The molecule has 0 atom stereocenters. The van der Waals surface area contributed by atoms with Crippen LogP contribution in [0.4, 0.5) is 5.82 Å². The van der Waals surface area contributed by atoms with Crippen molar-refractivity contribution in [3.63, 3.8) is 0 Å². The van der Waals surface area contributed by atoms with Gasteiger partial charge in [0.2, 0.25) is 0 Å². The van der Waals surface area contributed by atoms with Gasteiger partial charge in [-0.25, -0.2) is 9.97 Å². The fraction of sp³-hybridized carbons (Fsp3) is 0.474. The van der Waals surface area contributed by atoms with E-state index in [1.807, 2.05) is 6.07 Å². The van der Waals surface area contributed by atoms with Gasteiger partial charge < -0.3 is 20.5 Å². The highest BCUT2D eigenvalue weighted by atomic mass is 16.3. The van der Waals surface area contributed by atoms with Gasteiger partial charge in [-0.2, -0.15) is 0 Å². The van der Waals surface area contributed by atoms with E-state index in [9.17, 15) is 10.2 Å². The highest BCUT2D eigenvalue weighted by Gasteiger charge is 2.16. The smallest absolute Gasteiger partial charge is 0.158 e. The Hall–Kier alpha value is -2.38. The molecule has 0 saturated carbocycles. The third-order valence-electron chi connectivity index (χ3n) is 4.61. The fourth-order valence-electron chi connectivity index (χ4n) is 3.45. The maximum atomic E-state index is 9.71. The van der Waals surface area contributed by atoms with Crippen molar-refractivity contribution in [3.8, 4) is 5.75 Å². The SMILES string of the molecule is CC(C)N(CCNc1nc(CO)nc2[nH]c3cc(O)ccc3c12)C(C)C. The van der Waals surface area contributed by atoms with Crippen molar-refractivity contribution in [2.45, 2.75) is 46.4 Å². The minimum Gasteiger partial charge on any atom is -0.508 e. The lowest BCUT2D eigenvalue weighted by Gasteiger charge is -2.30. The standard InChI is InChI=1S/C19H27N5O2/c1-11(2)24(12(3)4)8-7-20-18-17-14-6-5-13(26)9-15(14)21-19(17)23-16(10-25)22-18/h5-6,9,11-12,25-26H,7-8,10H2,1-4H3,(H2,20,21,22,23). The van der Waals surface area contributed by atoms with Gasteiger partial charge in [0.15, 0.2) is 5.82 Å². The van der Waals surface area contributed by atoms with Gasteiger partial charge in [-0.3, -0.25) is 4.90 Å². The number of benzene rings is 1. The first-order valence-electron chi connectivity index (χ1n) is 9.02. The lowest BCUT2D eigenvalue weighted by molar-refractivity contribution is 0.182. The molecule has 0 aliphatic carbocycles. The van der Waals surface area contributed by atoms with Gasteiger partial charge in [-0.1, -0.05) is 0 Å². The zero-order valence-corrected chi connectivity index (χ0v) is 15.7. The van der Waals surface area contributed by atoms with Crippen molar-refractivity contribution in [1.82, 2.24) is 19.9 Å². The number of H-pyrrole nitrogens is 1. The molecular formula is C19H27N5O2. The number of nitrogens with zero attached hydrogens (tertiary/aromatic N) is 3. The molecule has 0 spiro atoms. The predicted molar refractivity (Wildman–Crippen MR) is 104 cm³/mol. The molecule has 0 amide bonds. The van der Waals surface area contributed by atoms with Crippen LogP contribution in [-0.2, 0) is 6.61 Å². The molecule has 1 aromatic carbocycles. The molecule has 7 heteroatoms. The van der Waals surface area contributed by atoms with Crippen LogP contribution in [0.25, 0.3) is 21.9 Å². The number of aliphatic hydroxyl groups excluding tert-OH is 1. The van der Waals surface area contributed by atoms with Crippen LogP contribution in [0.3, 0.4) is 0 Å². The zero-order valence-electron chi connectivity index (χ0n) is 15.7. The highest BCUT2D eigenvalue weighted by molar-refractivity contribution is 6.11. The summed E-state index contributed by atoms with van der Waals surface area (Å²) in [7, 11) is 0. The zero-order chi connectivity index (χ0) is 18.8. The van der Waals surface area contributed by atoms with E-state index in [2.05, 4.69) is 52.9 Å². The molecule has 2 aromatic heterocycles. The van der Waals surface area contributed by atoms with Crippen molar-refractivity contribution in [1.29, 1.82) is 0 Å². The topological polar surface area (TPSA) is 97.3 Å². The van der Waals surface area contributed by atoms with Crippen LogP contribution in [0, 0.1) is 0 Å². The van der Waals surface area contributed by atoms with Gasteiger partial charge in [0.05, 0.1) is 10.9 Å². The molecule has 0 radical (unpaired) electrons. The normalized spacial score (nSPS) is 12.2. The molecule has 26 heavy (non-hydrogen) atoms. The number of rotatable bonds is 7. The van der Waals surface area contributed by atoms with E-state index in [1.165, 1.54) is 0 Å². The van der Waals surface area contributed by atoms with E-state index < -0.39 is 0 Å². The first-order chi connectivity index (χ1) is 12.4. The number of fused-ring (bicyclic) bond motifs is 3. The molecule has 0 bridgehead atoms. The van der Waals surface area contributed by atoms with Crippen LogP contribution < -0.4 is 5.32 Å². The summed E-state index contributed by atoms with van der Waals surface area (Å²) in [4.78, 5) is 14.5. The van der Waals surface area contributed by atoms with Crippen LogP contribution in [0.1, 0.15) is 33.5 Å². The average Bonchev–Trinajstić information content (AvgIpc) is 2.94. The Morgan fingerprint density at radius 1 is 1.15 bits per heavy atom. The Labute approximate surface area is 153 Å². The minimum atomic E-state index is -0.227. The van der Waals surface area contributed by atoms with Crippen LogP contribution in [0.2, 0.25) is 0 Å². The highest BCUT2D eigenvalue weighted by Crippen LogP contribution is 2.31. The van der Waals surface area contributed by atoms with Crippen molar-refractivity contribution in [2.24, 2.45) is 0 Å². The van der Waals surface area contributed by atoms with E-state index in [0.717, 1.165) is 29.4 Å². The van der Waals surface area contributed by atoms with Crippen LogP contribution in [-0.4, -0.2) is 55.2 Å². The molecular weight excluding hydrogens is 330 g/mol. The Kier molecular flexibility index (Phi) is 5.29. The van der Waals surface area contributed by atoms with E-state index >= 15 is 0 Å². The number of nitrogens with one attached hydrogen (secondary N) is 2. The van der Waals surface area contributed by atoms with Crippen molar-refractivity contribution < 1.29 is 10.2 Å². The van der Waals surface area contributed by atoms with Gasteiger partial charge in [0, 0.05) is 36.6 Å². The lowest BCUT2D eigenvalue weighted by Crippen LogP contribution is -2.40. The second-order valence-electron chi connectivity index (χ2n) is 7.08. The summed E-state index contributed by atoms with van der Waals surface area (Å²) in [6.45, 7) is 10.2. The summed E-state index contributed by atoms with van der Waals surface area (Å²) in [6.07, 6.45) is 0. The molecule has 0 saturated heterocycles. The number of aromatic amines is 1. The van der Waals surface area contributed by atoms with Crippen LogP contribution >= 0.6 is 0 Å². The number of aliphatic hydroxyl groups is 1. The van der Waals surface area contributed by atoms with E-state index in [1.54, 1.807) is 12.1 Å². The number of aromatic hydroxyl groups is 1. The average molecular weight is 357 g/mol. The third kappa shape index (κ3) is 3.59. The first-order valence-corrected chi connectivity index (χ1v) is 9.02. The van der Waals surface area contributed by atoms with E-state index in [4.69, 9.17) is 0 Å². The second kappa shape index (κ2) is 7.47. The maximum absolute atomic E-state index is 9.71. The van der Waals surface area contributed by atoms with Gasteiger partial charge in [0.1, 0.15) is 23.8 Å². The molecule has 7 nitrogen and oxygen atoms in total. The first kappa shape index (κ1) is 18.4. The maximum Gasteiger partial charge on any atom is 0.158 e. The Bertz CT molecular complexity index is 896.